The molecule has 5 heteroatoms. The number of allylic oxidation sites excluding steroid dienone is 2. The minimum atomic E-state index is -0.510. The van der Waals surface area contributed by atoms with Crippen molar-refractivity contribution in [1.29, 1.82) is 0 Å². The Balaban J connectivity index is 3.15. The first-order valence-electron chi connectivity index (χ1n) is 6.80. The topological polar surface area (TPSA) is 61.8 Å². The van der Waals surface area contributed by atoms with Crippen LogP contribution in [0.2, 0.25) is 0 Å². The summed E-state index contributed by atoms with van der Waals surface area (Å²) in [6.07, 6.45) is -0.252. The van der Waals surface area contributed by atoms with Gasteiger partial charge in [-0.05, 0) is 41.5 Å². The number of carbonyl (C=O) groups is 2. The Labute approximate surface area is 119 Å². The van der Waals surface area contributed by atoms with Gasteiger partial charge in [-0.25, -0.2) is 4.79 Å². The van der Waals surface area contributed by atoms with Crippen molar-refractivity contribution in [3.8, 4) is 0 Å². The number of ether oxygens (including phenoxy) is 3. The molecule has 0 atom stereocenters. The summed E-state index contributed by atoms with van der Waals surface area (Å²) in [6.45, 7) is 10.9. The SMILES string of the molecule is CCOC(=O)/C(C)=C1/C(=O)C(OC(C)C)=C1OC(C)C. The van der Waals surface area contributed by atoms with Gasteiger partial charge in [-0.3, -0.25) is 4.79 Å². The second-order valence-electron chi connectivity index (χ2n) is 5.04. The van der Waals surface area contributed by atoms with E-state index in [-0.39, 0.29) is 41.5 Å². The van der Waals surface area contributed by atoms with Gasteiger partial charge in [0.2, 0.25) is 11.5 Å². The molecular weight excluding hydrogens is 260 g/mol. The van der Waals surface area contributed by atoms with E-state index in [4.69, 9.17) is 14.2 Å². The Bertz CT molecular complexity index is 469. The van der Waals surface area contributed by atoms with Gasteiger partial charge in [-0.15, -0.1) is 0 Å². The highest BCUT2D eigenvalue weighted by Gasteiger charge is 2.41. The first kappa shape index (κ1) is 16.3. The fraction of sp³-hybridized carbons (Fsp3) is 0.600. The van der Waals surface area contributed by atoms with Crippen LogP contribution in [-0.4, -0.2) is 30.6 Å². The van der Waals surface area contributed by atoms with Gasteiger partial charge in [0.25, 0.3) is 0 Å². The molecule has 0 bridgehead atoms. The van der Waals surface area contributed by atoms with E-state index in [9.17, 15) is 9.59 Å². The molecule has 20 heavy (non-hydrogen) atoms. The van der Waals surface area contributed by atoms with Crippen molar-refractivity contribution in [3.05, 3.63) is 22.7 Å². The number of hydrogen-bond acceptors (Lipinski definition) is 5. The Hall–Kier alpha value is -1.78. The number of carbonyl (C=O) groups excluding carboxylic acids is 2. The normalized spacial score (nSPS) is 17.3. The van der Waals surface area contributed by atoms with E-state index in [1.165, 1.54) is 0 Å². The predicted molar refractivity (Wildman–Crippen MR) is 73.8 cm³/mol. The van der Waals surface area contributed by atoms with Crippen LogP contribution in [0.5, 0.6) is 0 Å². The minimum absolute atomic E-state index is 0.117. The number of hydrogen-bond donors (Lipinski definition) is 0. The smallest absolute Gasteiger partial charge is 0.334 e. The lowest BCUT2D eigenvalue weighted by Gasteiger charge is -2.29. The van der Waals surface area contributed by atoms with Crippen LogP contribution in [0, 0.1) is 0 Å². The zero-order valence-electron chi connectivity index (χ0n) is 12.9. The van der Waals surface area contributed by atoms with E-state index in [1.807, 2.05) is 27.7 Å². The molecule has 1 aliphatic carbocycles. The summed E-state index contributed by atoms with van der Waals surface area (Å²) in [6, 6.07) is 0. The molecule has 1 aliphatic rings. The zero-order chi connectivity index (χ0) is 15.4. The summed E-state index contributed by atoms with van der Waals surface area (Å²) in [7, 11) is 0. The number of rotatable bonds is 6. The first-order valence-corrected chi connectivity index (χ1v) is 6.80. The third-order valence-corrected chi connectivity index (χ3v) is 2.53. The predicted octanol–water partition coefficient (Wildman–Crippen LogP) is 2.51. The van der Waals surface area contributed by atoms with Crippen molar-refractivity contribution < 1.29 is 23.8 Å². The van der Waals surface area contributed by atoms with E-state index >= 15 is 0 Å². The molecule has 0 saturated carbocycles. The molecule has 0 aliphatic heterocycles. The third-order valence-electron chi connectivity index (χ3n) is 2.53. The lowest BCUT2D eigenvalue weighted by atomic mass is 9.90. The molecule has 0 aromatic heterocycles. The van der Waals surface area contributed by atoms with Crippen LogP contribution in [-0.2, 0) is 23.8 Å². The molecule has 0 radical (unpaired) electrons. The minimum Gasteiger partial charge on any atom is -0.486 e. The third kappa shape index (κ3) is 3.40. The van der Waals surface area contributed by atoms with Crippen molar-refractivity contribution in [3.63, 3.8) is 0 Å². The number of Topliss-reactive ketones (excluding diaryl/α,β-unsaturated/α-hetero) is 1. The summed E-state index contributed by atoms with van der Waals surface area (Å²) in [5, 5.41) is 0. The van der Waals surface area contributed by atoms with Gasteiger partial charge in [-0.1, -0.05) is 0 Å². The van der Waals surface area contributed by atoms with Gasteiger partial charge in [-0.2, -0.15) is 0 Å². The zero-order valence-corrected chi connectivity index (χ0v) is 12.9. The Morgan fingerprint density at radius 3 is 2.00 bits per heavy atom. The average molecular weight is 282 g/mol. The highest BCUT2D eigenvalue weighted by Crippen LogP contribution is 2.36. The van der Waals surface area contributed by atoms with Crippen LogP contribution >= 0.6 is 0 Å². The Morgan fingerprint density at radius 2 is 1.55 bits per heavy atom. The molecule has 0 fully saturated rings. The van der Waals surface area contributed by atoms with E-state index in [2.05, 4.69) is 0 Å². The quantitative estimate of drug-likeness (QED) is 0.553. The van der Waals surface area contributed by atoms with Crippen LogP contribution in [0.3, 0.4) is 0 Å². The maximum Gasteiger partial charge on any atom is 0.334 e. The average Bonchev–Trinajstić information content (AvgIpc) is 2.35. The number of esters is 1. The van der Waals surface area contributed by atoms with Crippen LogP contribution in [0.15, 0.2) is 22.7 Å². The molecule has 0 heterocycles. The van der Waals surface area contributed by atoms with Crippen molar-refractivity contribution in [2.75, 3.05) is 6.61 Å². The first-order chi connectivity index (χ1) is 9.29. The standard InChI is InChI=1S/C15H22O5/c1-7-18-15(17)10(6)11-12(16)14(20-9(4)5)13(11)19-8(2)3/h8-9H,7H2,1-6H3/b11-10-. The molecule has 0 N–H and O–H groups in total. The highest BCUT2D eigenvalue weighted by molar-refractivity contribution is 6.21. The molecule has 0 unspecified atom stereocenters. The molecular formula is C15H22O5. The van der Waals surface area contributed by atoms with Crippen molar-refractivity contribution in [2.45, 2.75) is 53.8 Å². The molecule has 1 rings (SSSR count). The summed E-state index contributed by atoms with van der Waals surface area (Å²) >= 11 is 0. The summed E-state index contributed by atoms with van der Waals surface area (Å²) in [5.41, 5.74) is 0.511. The van der Waals surface area contributed by atoms with Crippen molar-refractivity contribution >= 4 is 11.8 Å². The van der Waals surface area contributed by atoms with Gasteiger partial charge in [0.1, 0.15) is 0 Å². The lowest BCUT2D eigenvalue weighted by Crippen LogP contribution is -2.31. The molecule has 0 aromatic carbocycles. The summed E-state index contributed by atoms with van der Waals surface area (Å²) < 4.78 is 16.0. The van der Waals surface area contributed by atoms with E-state index in [0.717, 1.165) is 0 Å². The van der Waals surface area contributed by atoms with E-state index < -0.39 is 5.97 Å². The summed E-state index contributed by atoms with van der Waals surface area (Å²) in [4.78, 5) is 23.8. The molecule has 0 spiro atoms. The Kier molecular flexibility index (Phi) is 5.36. The van der Waals surface area contributed by atoms with Gasteiger partial charge in [0, 0.05) is 5.57 Å². The van der Waals surface area contributed by atoms with Crippen LogP contribution in [0.1, 0.15) is 41.5 Å². The maximum absolute atomic E-state index is 12.1. The largest absolute Gasteiger partial charge is 0.486 e. The van der Waals surface area contributed by atoms with Gasteiger partial charge in [0.15, 0.2) is 5.76 Å². The lowest BCUT2D eigenvalue weighted by molar-refractivity contribution is -0.139. The number of ketones is 1. The second kappa shape index (κ2) is 6.59. The van der Waals surface area contributed by atoms with Crippen LogP contribution < -0.4 is 0 Å². The maximum atomic E-state index is 12.1. The van der Waals surface area contributed by atoms with Gasteiger partial charge in [0.05, 0.1) is 24.4 Å². The van der Waals surface area contributed by atoms with Crippen LogP contribution in [0.4, 0.5) is 0 Å². The van der Waals surface area contributed by atoms with E-state index in [1.54, 1.807) is 13.8 Å². The fourth-order valence-corrected chi connectivity index (χ4v) is 1.74. The molecule has 0 aromatic rings. The molecule has 0 saturated heterocycles. The second-order valence-corrected chi connectivity index (χ2v) is 5.04. The molecule has 112 valence electrons. The van der Waals surface area contributed by atoms with Crippen LogP contribution in [0.25, 0.3) is 0 Å². The fourth-order valence-electron chi connectivity index (χ4n) is 1.74. The molecule has 0 amide bonds. The Morgan fingerprint density at radius 1 is 1.05 bits per heavy atom. The summed E-state index contributed by atoms with van der Waals surface area (Å²) in [5.74, 6) is -0.277. The van der Waals surface area contributed by atoms with Crippen molar-refractivity contribution in [2.24, 2.45) is 0 Å². The van der Waals surface area contributed by atoms with Gasteiger partial charge >= 0.3 is 5.97 Å². The molecule has 5 nitrogen and oxygen atoms in total. The highest BCUT2D eigenvalue weighted by atomic mass is 16.5. The van der Waals surface area contributed by atoms with E-state index in [0.29, 0.717) is 5.76 Å². The monoisotopic (exact) mass is 282 g/mol. The van der Waals surface area contributed by atoms with Crippen molar-refractivity contribution in [1.82, 2.24) is 0 Å². The van der Waals surface area contributed by atoms with Gasteiger partial charge < -0.3 is 14.2 Å².